The number of nitrogens with zero attached hydrogens (tertiary/aromatic N) is 2. The topological polar surface area (TPSA) is 41.9 Å². The maximum Gasteiger partial charge on any atom is 0.236 e. The first kappa shape index (κ1) is 14.1. The molecule has 0 saturated heterocycles. The average molecular weight is 278 g/mol. The second-order valence-corrected chi connectivity index (χ2v) is 5.49. The fraction of sp³-hybridized carbons (Fsp3) is 0.429. The standard InChI is InChI=1S/C14H18N2O2S/c1-11-4-3-5-13(12(11)2)6-8-18-16(10-17)14-15-7-9-19-14/h3-5,7,10,14H,6,8-9H2,1-2H3. The van der Waals surface area contributed by atoms with Crippen molar-refractivity contribution in [3.8, 4) is 0 Å². The lowest BCUT2D eigenvalue weighted by molar-refractivity contribution is -0.174. The van der Waals surface area contributed by atoms with Crippen LogP contribution < -0.4 is 0 Å². The van der Waals surface area contributed by atoms with Crippen LogP contribution in [-0.4, -0.2) is 35.5 Å². The number of hydroxylamine groups is 2. The van der Waals surface area contributed by atoms with E-state index in [1.54, 1.807) is 18.0 Å². The number of thioether (sulfide) groups is 1. The lowest BCUT2D eigenvalue weighted by Crippen LogP contribution is -2.30. The maximum absolute atomic E-state index is 11.0. The molecule has 1 unspecified atom stereocenters. The van der Waals surface area contributed by atoms with Crippen LogP contribution in [0, 0.1) is 13.8 Å². The number of rotatable bonds is 6. The van der Waals surface area contributed by atoms with Crippen LogP contribution in [0.2, 0.25) is 0 Å². The summed E-state index contributed by atoms with van der Waals surface area (Å²) < 4.78 is 0. The first-order valence-corrected chi connectivity index (χ1v) is 7.32. The van der Waals surface area contributed by atoms with E-state index in [9.17, 15) is 4.79 Å². The van der Waals surface area contributed by atoms with Crippen molar-refractivity contribution in [2.75, 3.05) is 12.4 Å². The fourth-order valence-corrected chi connectivity index (χ4v) is 2.71. The molecule has 102 valence electrons. The molecule has 0 spiro atoms. The molecule has 1 heterocycles. The Kier molecular flexibility index (Phi) is 4.99. The Labute approximate surface area is 117 Å². The van der Waals surface area contributed by atoms with Crippen molar-refractivity contribution in [2.24, 2.45) is 4.99 Å². The van der Waals surface area contributed by atoms with Gasteiger partial charge in [0, 0.05) is 12.0 Å². The van der Waals surface area contributed by atoms with Gasteiger partial charge in [0.05, 0.1) is 6.61 Å². The van der Waals surface area contributed by atoms with Gasteiger partial charge in [-0.3, -0.25) is 14.6 Å². The molecule has 19 heavy (non-hydrogen) atoms. The highest BCUT2D eigenvalue weighted by Gasteiger charge is 2.19. The van der Waals surface area contributed by atoms with Crippen LogP contribution in [-0.2, 0) is 16.1 Å². The summed E-state index contributed by atoms with van der Waals surface area (Å²) in [5.74, 6) is 0.829. The van der Waals surface area contributed by atoms with E-state index in [1.165, 1.54) is 21.8 Å². The summed E-state index contributed by atoms with van der Waals surface area (Å²) in [4.78, 5) is 20.6. The summed E-state index contributed by atoms with van der Waals surface area (Å²) in [5, 5.41) is 1.29. The minimum absolute atomic E-state index is 0.226. The molecule has 1 amide bonds. The van der Waals surface area contributed by atoms with Crippen molar-refractivity contribution in [1.29, 1.82) is 0 Å². The van der Waals surface area contributed by atoms with E-state index in [-0.39, 0.29) is 5.50 Å². The third-order valence-electron chi connectivity index (χ3n) is 3.20. The van der Waals surface area contributed by atoms with Gasteiger partial charge in [0.1, 0.15) is 0 Å². The highest BCUT2D eigenvalue weighted by molar-refractivity contribution is 8.00. The molecule has 0 bridgehead atoms. The van der Waals surface area contributed by atoms with Crippen LogP contribution >= 0.6 is 11.8 Å². The van der Waals surface area contributed by atoms with Crippen LogP contribution in [0.5, 0.6) is 0 Å². The molecule has 0 fully saturated rings. The number of carbonyl (C=O) groups excluding carboxylic acids is 1. The van der Waals surface area contributed by atoms with Gasteiger partial charge in [0.15, 0.2) is 5.50 Å². The zero-order valence-corrected chi connectivity index (χ0v) is 12.0. The van der Waals surface area contributed by atoms with Crippen LogP contribution in [0.3, 0.4) is 0 Å². The number of carbonyl (C=O) groups is 1. The summed E-state index contributed by atoms with van der Waals surface area (Å²) in [5.41, 5.74) is 3.60. The van der Waals surface area contributed by atoms with Crippen LogP contribution in [0.15, 0.2) is 23.2 Å². The van der Waals surface area contributed by atoms with Gasteiger partial charge in [-0.2, -0.15) is 5.06 Å². The minimum Gasteiger partial charge on any atom is -0.276 e. The van der Waals surface area contributed by atoms with Crippen molar-refractivity contribution in [3.63, 3.8) is 0 Å². The largest absolute Gasteiger partial charge is 0.276 e. The number of amides is 1. The average Bonchev–Trinajstić information content (AvgIpc) is 2.93. The minimum atomic E-state index is -0.226. The quantitative estimate of drug-likeness (QED) is 0.592. The predicted octanol–water partition coefficient (Wildman–Crippen LogP) is 2.34. The molecule has 1 atom stereocenters. The molecule has 4 nitrogen and oxygen atoms in total. The molecule has 0 aromatic heterocycles. The number of aryl methyl sites for hydroxylation is 1. The zero-order valence-electron chi connectivity index (χ0n) is 11.2. The molecule has 0 saturated carbocycles. The molecular formula is C14H18N2O2S. The zero-order chi connectivity index (χ0) is 13.7. The molecule has 1 aromatic rings. The van der Waals surface area contributed by atoms with E-state index >= 15 is 0 Å². The first-order chi connectivity index (χ1) is 9.22. The van der Waals surface area contributed by atoms with Gasteiger partial charge in [0.2, 0.25) is 6.41 Å². The Balaban J connectivity index is 1.86. The highest BCUT2D eigenvalue weighted by Crippen LogP contribution is 2.20. The molecule has 0 radical (unpaired) electrons. The molecule has 1 aliphatic rings. The third kappa shape index (κ3) is 3.58. The van der Waals surface area contributed by atoms with E-state index in [0.29, 0.717) is 13.0 Å². The Morgan fingerprint density at radius 1 is 1.53 bits per heavy atom. The Morgan fingerprint density at radius 3 is 3.05 bits per heavy atom. The number of hydrogen-bond acceptors (Lipinski definition) is 4. The van der Waals surface area contributed by atoms with Crippen molar-refractivity contribution in [2.45, 2.75) is 25.8 Å². The summed E-state index contributed by atoms with van der Waals surface area (Å²) in [6, 6.07) is 6.24. The van der Waals surface area contributed by atoms with Crippen LogP contribution in [0.1, 0.15) is 16.7 Å². The van der Waals surface area contributed by atoms with Gasteiger partial charge in [-0.25, -0.2) is 0 Å². The van der Waals surface area contributed by atoms with Crippen molar-refractivity contribution in [1.82, 2.24) is 5.06 Å². The molecule has 5 heteroatoms. The monoisotopic (exact) mass is 278 g/mol. The number of benzene rings is 1. The Morgan fingerprint density at radius 2 is 2.37 bits per heavy atom. The van der Waals surface area contributed by atoms with Gasteiger partial charge in [-0.1, -0.05) is 18.2 Å². The molecule has 0 aliphatic carbocycles. The van der Waals surface area contributed by atoms with Crippen LogP contribution in [0.4, 0.5) is 0 Å². The summed E-state index contributed by atoms with van der Waals surface area (Å²) in [7, 11) is 0. The fourth-order valence-electron chi connectivity index (χ4n) is 1.93. The number of aliphatic imine (C=N–C) groups is 1. The summed E-state index contributed by atoms with van der Waals surface area (Å²) in [6.07, 6.45) is 3.29. The Hall–Kier alpha value is -1.33. The van der Waals surface area contributed by atoms with Gasteiger partial charge in [0.25, 0.3) is 0 Å². The Bertz CT molecular complexity index is 477. The van der Waals surface area contributed by atoms with E-state index in [1.807, 2.05) is 6.07 Å². The highest BCUT2D eigenvalue weighted by atomic mass is 32.2. The van der Waals surface area contributed by atoms with E-state index in [0.717, 1.165) is 12.2 Å². The maximum atomic E-state index is 11.0. The lowest BCUT2D eigenvalue weighted by Gasteiger charge is -2.20. The molecule has 1 aliphatic heterocycles. The predicted molar refractivity (Wildman–Crippen MR) is 78.2 cm³/mol. The molecule has 0 N–H and O–H groups in total. The van der Waals surface area contributed by atoms with Crippen molar-refractivity contribution < 1.29 is 9.63 Å². The number of hydrogen-bond donors (Lipinski definition) is 0. The van der Waals surface area contributed by atoms with Crippen molar-refractivity contribution >= 4 is 24.4 Å². The van der Waals surface area contributed by atoms with Gasteiger partial charge >= 0.3 is 0 Å². The van der Waals surface area contributed by atoms with E-state index in [2.05, 4.69) is 31.0 Å². The summed E-state index contributed by atoms with van der Waals surface area (Å²) >= 11 is 1.57. The third-order valence-corrected chi connectivity index (χ3v) is 4.17. The van der Waals surface area contributed by atoms with Gasteiger partial charge in [-0.05, 0) is 37.0 Å². The first-order valence-electron chi connectivity index (χ1n) is 6.27. The summed E-state index contributed by atoms with van der Waals surface area (Å²) in [6.45, 7) is 4.69. The second-order valence-electron chi connectivity index (χ2n) is 4.40. The van der Waals surface area contributed by atoms with Crippen molar-refractivity contribution in [3.05, 3.63) is 34.9 Å². The molecule has 1 aromatic carbocycles. The normalized spacial score (nSPS) is 17.7. The molecule has 2 rings (SSSR count). The van der Waals surface area contributed by atoms with E-state index < -0.39 is 0 Å². The second kappa shape index (κ2) is 6.73. The smallest absolute Gasteiger partial charge is 0.236 e. The van der Waals surface area contributed by atoms with Crippen LogP contribution in [0.25, 0.3) is 0 Å². The lowest BCUT2D eigenvalue weighted by atomic mass is 10.0. The molecular weight excluding hydrogens is 260 g/mol. The van der Waals surface area contributed by atoms with E-state index in [4.69, 9.17) is 4.84 Å². The SMILES string of the molecule is Cc1cccc(CCON(C=O)C2N=CCS2)c1C. The van der Waals surface area contributed by atoms with Gasteiger partial charge < -0.3 is 0 Å². The van der Waals surface area contributed by atoms with Gasteiger partial charge in [-0.15, -0.1) is 11.8 Å².